The number of hydrogen-bond donors (Lipinski definition) is 1. The molecule has 19 heavy (non-hydrogen) atoms. The Hall–Kier alpha value is -1.62. The van der Waals surface area contributed by atoms with Gasteiger partial charge < -0.3 is 0 Å². The number of nitrogens with zero attached hydrogens (tertiary/aromatic N) is 1. The minimum atomic E-state index is -3.54. The molecule has 0 amide bonds. The van der Waals surface area contributed by atoms with Gasteiger partial charge in [0.05, 0.1) is 4.90 Å². The van der Waals surface area contributed by atoms with Gasteiger partial charge in [-0.15, -0.1) is 0 Å². The molecule has 1 aromatic carbocycles. The third-order valence-electron chi connectivity index (χ3n) is 3.71. The molecule has 3 rings (SSSR count). The highest BCUT2D eigenvalue weighted by Gasteiger charge is 2.32. The zero-order valence-electron chi connectivity index (χ0n) is 10.7. The van der Waals surface area contributed by atoms with Crippen LogP contribution in [0.1, 0.15) is 18.4 Å². The van der Waals surface area contributed by atoms with E-state index in [9.17, 15) is 8.42 Å². The molecule has 1 saturated carbocycles. The van der Waals surface area contributed by atoms with Gasteiger partial charge in [-0.05, 0) is 37.8 Å². The van der Waals surface area contributed by atoms with E-state index in [0.29, 0.717) is 11.8 Å². The molecule has 0 saturated heterocycles. The first-order chi connectivity index (χ1) is 9.04. The van der Waals surface area contributed by atoms with Gasteiger partial charge in [0.25, 0.3) is 10.0 Å². The predicted molar refractivity (Wildman–Crippen MR) is 74.3 cm³/mol. The van der Waals surface area contributed by atoms with Gasteiger partial charge in [-0.25, -0.2) is 4.83 Å². The number of rotatable bonds is 3. The summed E-state index contributed by atoms with van der Waals surface area (Å²) >= 11 is 0. The molecule has 1 fully saturated rings. The fraction of sp³-hybridized carbons (Fsp3) is 0.357. The van der Waals surface area contributed by atoms with Crippen molar-refractivity contribution in [2.75, 3.05) is 0 Å². The lowest BCUT2D eigenvalue weighted by atomic mass is 10.1. The second kappa shape index (κ2) is 4.49. The third-order valence-corrected chi connectivity index (χ3v) is 4.94. The number of aryl methyl sites for hydroxylation is 1. The Kier molecular flexibility index (Phi) is 2.93. The second-order valence-corrected chi connectivity index (χ2v) is 6.86. The van der Waals surface area contributed by atoms with Crippen LogP contribution in [0, 0.1) is 18.8 Å². The maximum absolute atomic E-state index is 12.1. The zero-order chi connectivity index (χ0) is 13.5. The average molecular weight is 276 g/mol. The van der Waals surface area contributed by atoms with E-state index < -0.39 is 10.0 Å². The molecule has 4 nitrogen and oxygen atoms in total. The van der Waals surface area contributed by atoms with Gasteiger partial charge in [-0.2, -0.15) is 13.5 Å². The molecule has 1 aromatic rings. The van der Waals surface area contributed by atoms with E-state index in [-0.39, 0.29) is 4.90 Å². The lowest BCUT2D eigenvalue weighted by molar-refractivity contribution is 0.584. The first-order valence-electron chi connectivity index (χ1n) is 6.38. The number of hydrogen-bond acceptors (Lipinski definition) is 3. The van der Waals surface area contributed by atoms with E-state index in [1.54, 1.807) is 24.3 Å². The Bertz CT molecular complexity index is 645. The Morgan fingerprint density at radius 3 is 2.53 bits per heavy atom. The van der Waals surface area contributed by atoms with E-state index >= 15 is 0 Å². The van der Waals surface area contributed by atoms with Crippen molar-refractivity contribution in [3.8, 4) is 0 Å². The molecule has 1 N–H and O–H groups in total. The van der Waals surface area contributed by atoms with Crippen molar-refractivity contribution in [2.24, 2.45) is 16.9 Å². The molecule has 0 aromatic heterocycles. The van der Waals surface area contributed by atoms with Crippen LogP contribution >= 0.6 is 0 Å². The number of nitrogens with one attached hydrogen (secondary N) is 1. The summed E-state index contributed by atoms with van der Waals surface area (Å²) in [6.45, 7) is 1.92. The summed E-state index contributed by atoms with van der Waals surface area (Å²) in [5.41, 5.74) is 1.98. The first-order valence-corrected chi connectivity index (χ1v) is 7.86. The average Bonchev–Trinajstić information content (AvgIpc) is 2.99. The molecule has 0 aliphatic heterocycles. The normalized spacial score (nSPS) is 27.1. The Labute approximate surface area is 113 Å². The van der Waals surface area contributed by atoms with E-state index in [1.165, 1.54) is 0 Å². The molecule has 2 aliphatic rings. The van der Waals surface area contributed by atoms with Crippen molar-refractivity contribution >= 4 is 15.7 Å². The molecule has 2 aliphatic carbocycles. The Balaban J connectivity index is 1.77. The zero-order valence-corrected chi connectivity index (χ0v) is 11.5. The quantitative estimate of drug-likeness (QED) is 0.680. The van der Waals surface area contributed by atoms with Gasteiger partial charge in [0.2, 0.25) is 0 Å². The number of allylic oxidation sites excluding steroid dienone is 2. The number of hydrazone groups is 1. The molecule has 0 unspecified atom stereocenters. The van der Waals surface area contributed by atoms with Gasteiger partial charge in [0.1, 0.15) is 0 Å². The monoisotopic (exact) mass is 276 g/mol. The smallest absolute Gasteiger partial charge is 0.200 e. The molecule has 0 radical (unpaired) electrons. The molecule has 2 atom stereocenters. The number of fused-ring (bicyclic) bond motifs is 2. The minimum absolute atomic E-state index is 0.251. The molecule has 5 heteroatoms. The van der Waals surface area contributed by atoms with Gasteiger partial charge in [-0.3, -0.25) is 0 Å². The number of benzene rings is 1. The van der Waals surface area contributed by atoms with E-state index in [4.69, 9.17) is 0 Å². The van der Waals surface area contributed by atoms with E-state index in [1.807, 2.05) is 6.92 Å². The summed E-state index contributed by atoms with van der Waals surface area (Å²) in [7, 11) is -3.54. The van der Waals surface area contributed by atoms with Crippen LogP contribution in [-0.2, 0) is 10.0 Å². The van der Waals surface area contributed by atoms with Gasteiger partial charge in [-0.1, -0.05) is 29.8 Å². The summed E-state index contributed by atoms with van der Waals surface area (Å²) in [5.74, 6) is 0.873. The van der Waals surface area contributed by atoms with E-state index in [2.05, 4.69) is 22.1 Å². The first kappa shape index (κ1) is 12.4. The topological polar surface area (TPSA) is 58.5 Å². The van der Waals surface area contributed by atoms with Crippen LogP contribution in [0.15, 0.2) is 46.4 Å². The van der Waals surface area contributed by atoms with Crippen molar-refractivity contribution < 1.29 is 8.42 Å². The minimum Gasteiger partial charge on any atom is -0.200 e. The summed E-state index contributed by atoms with van der Waals surface area (Å²) < 4.78 is 24.1. The van der Waals surface area contributed by atoms with Crippen LogP contribution in [0.3, 0.4) is 0 Å². The third kappa shape index (κ3) is 2.42. The van der Waals surface area contributed by atoms with Crippen molar-refractivity contribution in [3.05, 3.63) is 42.0 Å². The molecular weight excluding hydrogens is 260 g/mol. The molecule has 0 heterocycles. The number of sulfonamides is 1. The highest BCUT2D eigenvalue weighted by molar-refractivity contribution is 7.89. The standard InChI is InChI=1S/C14H16N2O2S/c1-10-2-6-13(7-3-10)19(17,18)16-15-14-9-11-4-5-12(14)8-11/h2-7,11-12,16H,8-9H2,1H3/b15-14+/t11-,12+/m0/s1. The fourth-order valence-corrected chi connectivity index (χ4v) is 3.45. The van der Waals surface area contributed by atoms with Crippen LogP contribution in [0.2, 0.25) is 0 Å². The Morgan fingerprint density at radius 1 is 1.21 bits per heavy atom. The lowest BCUT2D eigenvalue weighted by Gasteiger charge is -2.08. The summed E-state index contributed by atoms with van der Waals surface area (Å²) in [4.78, 5) is 2.60. The summed E-state index contributed by atoms with van der Waals surface area (Å²) in [6.07, 6.45) is 6.26. The van der Waals surface area contributed by atoms with Gasteiger partial charge in [0.15, 0.2) is 0 Å². The molecule has 0 spiro atoms. The molecular formula is C14H16N2O2S. The van der Waals surface area contributed by atoms with Crippen LogP contribution in [0.5, 0.6) is 0 Å². The summed E-state index contributed by atoms with van der Waals surface area (Å²) in [5, 5.41) is 4.10. The van der Waals surface area contributed by atoms with Crippen molar-refractivity contribution in [1.29, 1.82) is 0 Å². The van der Waals surface area contributed by atoms with Gasteiger partial charge >= 0.3 is 0 Å². The van der Waals surface area contributed by atoms with Crippen molar-refractivity contribution in [1.82, 2.24) is 4.83 Å². The molecule has 2 bridgehead atoms. The predicted octanol–water partition coefficient (Wildman–Crippen LogP) is 2.23. The SMILES string of the molecule is Cc1ccc(S(=O)(=O)N/N=C2\C[C@H]3C=C[C@@H]2C3)cc1. The van der Waals surface area contributed by atoms with Crippen LogP contribution in [0.4, 0.5) is 0 Å². The largest absolute Gasteiger partial charge is 0.276 e. The van der Waals surface area contributed by atoms with Crippen molar-refractivity contribution in [2.45, 2.75) is 24.7 Å². The molecule has 100 valence electrons. The second-order valence-electron chi connectivity index (χ2n) is 5.20. The fourth-order valence-electron chi connectivity index (χ4n) is 2.61. The van der Waals surface area contributed by atoms with Crippen LogP contribution < -0.4 is 4.83 Å². The maximum atomic E-state index is 12.1. The van der Waals surface area contributed by atoms with Crippen LogP contribution in [-0.4, -0.2) is 14.1 Å². The maximum Gasteiger partial charge on any atom is 0.276 e. The van der Waals surface area contributed by atoms with Gasteiger partial charge in [0, 0.05) is 11.6 Å². The van der Waals surface area contributed by atoms with Crippen LogP contribution in [0.25, 0.3) is 0 Å². The summed E-state index contributed by atoms with van der Waals surface area (Å²) in [6, 6.07) is 6.75. The van der Waals surface area contributed by atoms with E-state index in [0.717, 1.165) is 24.1 Å². The van der Waals surface area contributed by atoms with Crippen molar-refractivity contribution in [3.63, 3.8) is 0 Å². The Morgan fingerprint density at radius 2 is 1.95 bits per heavy atom. The lowest BCUT2D eigenvalue weighted by Crippen LogP contribution is -2.21. The highest BCUT2D eigenvalue weighted by atomic mass is 32.2. The highest BCUT2D eigenvalue weighted by Crippen LogP contribution is 2.36.